The predicted octanol–water partition coefficient (Wildman–Crippen LogP) is 2.07. The van der Waals surface area contributed by atoms with E-state index in [4.69, 9.17) is 5.26 Å². The summed E-state index contributed by atoms with van der Waals surface area (Å²) in [5.74, 6) is -0.0495. The molecule has 0 spiro atoms. The SMILES string of the molecule is N#CC1(C(=O)NC2CCN(Cc3ccccc3)CC2)CC1. The maximum atomic E-state index is 12.1. The Kier molecular flexibility index (Phi) is 3.94. The van der Waals surface area contributed by atoms with Crippen molar-refractivity contribution in [2.75, 3.05) is 13.1 Å². The van der Waals surface area contributed by atoms with Crippen molar-refractivity contribution in [2.24, 2.45) is 5.41 Å². The maximum Gasteiger partial charge on any atom is 0.240 e. The van der Waals surface area contributed by atoms with Crippen molar-refractivity contribution >= 4 is 5.91 Å². The van der Waals surface area contributed by atoms with Crippen LogP contribution in [-0.4, -0.2) is 29.9 Å². The fourth-order valence-corrected chi connectivity index (χ4v) is 2.92. The molecule has 1 saturated carbocycles. The molecule has 1 amide bonds. The highest BCUT2D eigenvalue weighted by molar-refractivity contribution is 5.88. The zero-order valence-corrected chi connectivity index (χ0v) is 12.2. The Morgan fingerprint density at radius 2 is 1.95 bits per heavy atom. The topological polar surface area (TPSA) is 56.1 Å². The molecule has 1 aliphatic heterocycles. The van der Waals surface area contributed by atoms with Gasteiger partial charge in [0.15, 0.2) is 0 Å². The minimum Gasteiger partial charge on any atom is -0.352 e. The van der Waals surface area contributed by atoms with E-state index < -0.39 is 5.41 Å². The van der Waals surface area contributed by atoms with E-state index in [-0.39, 0.29) is 11.9 Å². The van der Waals surface area contributed by atoms with Gasteiger partial charge in [0.2, 0.25) is 5.91 Å². The van der Waals surface area contributed by atoms with Crippen LogP contribution >= 0.6 is 0 Å². The number of nitrogens with one attached hydrogen (secondary N) is 1. The second kappa shape index (κ2) is 5.87. The summed E-state index contributed by atoms with van der Waals surface area (Å²) >= 11 is 0. The molecule has 0 aromatic heterocycles. The van der Waals surface area contributed by atoms with E-state index in [9.17, 15) is 4.79 Å². The Morgan fingerprint density at radius 1 is 1.29 bits per heavy atom. The average molecular weight is 283 g/mol. The fourth-order valence-electron chi connectivity index (χ4n) is 2.92. The van der Waals surface area contributed by atoms with Gasteiger partial charge >= 0.3 is 0 Å². The van der Waals surface area contributed by atoms with E-state index in [0.717, 1.165) is 45.3 Å². The molecule has 0 radical (unpaired) electrons. The Morgan fingerprint density at radius 3 is 2.52 bits per heavy atom. The van der Waals surface area contributed by atoms with Gasteiger partial charge in [0.05, 0.1) is 6.07 Å². The fraction of sp³-hybridized carbons (Fsp3) is 0.529. The minimum absolute atomic E-state index is 0.0495. The standard InChI is InChI=1S/C17H21N3O/c18-13-17(8-9-17)16(21)19-15-6-10-20(11-7-15)12-14-4-2-1-3-5-14/h1-5,15H,6-12H2,(H,19,21). The Bertz CT molecular complexity index is 537. The molecule has 1 aliphatic carbocycles. The highest BCUT2D eigenvalue weighted by Gasteiger charge is 2.51. The van der Waals surface area contributed by atoms with Crippen LogP contribution in [0, 0.1) is 16.7 Å². The Balaban J connectivity index is 1.45. The first-order valence-corrected chi connectivity index (χ1v) is 7.70. The lowest BCUT2D eigenvalue weighted by atomic mass is 10.0. The van der Waals surface area contributed by atoms with Crippen molar-refractivity contribution in [3.05, 3.63) is 35.9 Å². The van der Waals surface area contributed by atoms with Gasteiger partial charge in [0.1, 0.15) is 5.41 Å². The van der Waals surface area contributed by atoms with E-state index in [0.29, 0.717) is 0 Å². The molecule has 21 heavy (non-hydrogen) atoms. The second-order valence-corrected chi connectivity index (χ2v) is 6.20. The molecule has 0 atom stereocenters. The number of rotatable bonds is 4. The normalized spacial score (nSPS) is 21.5. The van der Waals surface area contributed by atoms with Gasteiger partial charge in [-0.05, 0) is 31.2 Å². The van der Waals surface area contributed by atoms with Crippen LogP contribution in [0.15, 0.2) is 30.3 Å². The molecule has 1 heterocycles. The third kappa shape index (κ3) is 3.25. The van der Waals surface area contributed by atoms with Crippen molar-refractivity contribution in [1.29, 1.82) is 5.26 Å². The van der Waals surface area contributed by atoms with Gasteiger partial charge in [-0.25, -0.2) is 0 Å². The van der Waals surface area contributed by atoms with Crippen LogP contribution in [0.25, 0.3) is 0 Å². The van der Waals surface area contributed by atoms with Crippen LogP contribution in [-0.2, 0) is 11.3 Å². The summed E-state index contributed by atoms with van der Waals surface area (Å²) in [6.07, 6.45) is 3.39. The van der Waals surface area contributed by atoms with Crippen molar-refractivity contribution in [1.82, 2.24) is 10.2 Å². The number of nitrogens with zero attached hydrogens (tertiary/aromatic N) is 2. The van der Waals surface area contributed by atoms with E-state index in [1.807, 2.05) is 6.07 Å². The average Bonchev–Trinajstić information content (AvgIpc) is 3.31. The van der Waals surface area contributed by atoms with Crippen molar-refractivity contribution in [2.45, 2.75) is 38.3 Å². The third-order valence-corrected chi connectivity index (χ3v) is 4.57. The molecule has 1 aromatic carbocycles. The largest absolute Gasteiger partial charge is 0.352 e. The van der Waals surface area contributed by atoms with Crippen LogP contribution < -0.4 is 5.32 Å². The number of piperidine rings is 1. The summed E-state index contributed by atoms with van der Waals surface area (Å²) in [7, 11) is 0. The lowest BCUT2D eigenvalue weighted by molar-refractivity contribution is -0.125. The van der Waals surface area contributed by atoms with Crippen molar-refractivity contribution in [3.63, 3.8) is 0 Å². The van der Waals surface area contributed by atoms with Gasteiger partial charge in [0, 0.05) is 25.7 Å². The van der Waals surface area contributed by atoms with Gasteiger partial charge in [-0.1, -0.05) is 30.3 Å². The highest BCUT2D eigenvalue weighted by atomic mass is 16.2. The molecule has 2 aliphatic rings. The van der Waals surface area contributed by atoms with Gasteiger partial charge in [0.25, 0.3) is 0 Å². The smallest absolute Gasteiger partial charge is 0.240 e. The van der Waals surface area contributed by atoms with Gasteiger partial charge in [-0.2, -0.15) is 5.26 Å². The summed E-state index contributed by atoms with van der Waals surface area (Å²) in [4.78, 5) is 14.5. The van der Waals surface area contributed by atoms with Crippen LogP contribution in [0.2, 0.25) is 0 Å². The molecule has 110 valence electrons. The molecule has 1 aromatic rings. The number of carbonyl (C=O) groups is 1. The van der Waals surface area contributed by atoms with E-state index in [1.54, 1.807) is 0 Å². The number of carbonyl (C=O) groups excluding carboxylic acids is 1. The molecule has 1 saturated heterocycles. The lowest BCUT2D eigenvalue weighted by Crippen LogP contribution is -2.46. The number of hydrogen-bond donors (Lipinski definition) is 1. The number of amides is 1. The monoisotopic (exact) mass is 283 g/mol. The molecule has 0 unspecified atom stereocenters. The van der Waals surface area contributed by atoms with Gasteiger partial charge in [-0.3, -0.25) is 9.69 Å². The molecule has 3 rings (SSSR count). The Hall–Kier alpha value is -1.86. The van der Waals surface area contributed by atoms with Crippen molar-refractivity contribution < 1.29 is 4.79 Å². The minimum atomic E-state index is -0.693. The van der Waals surface area contributed by atoms with E-state index in [1.165, 1.54) is 5.56 Å². The summed E-state index contributed by atoms with van der Waals surface area (Å²) in [5.41, 5.74) is 0.641. The molecule has 4 nitrogen and oxygen atoms in total. The van der Waals surface area contributed by atoms with E-state index in [2.05, 4.69) is 40.6 Å². The van der Waals surface area contributed by atoms with E-state index >= 15 is 0 Å². The summed E-state index contributed by atoms with van der Waals surface area (Å²) < 4.78 is 0. The van der Waals surface area contributed by atoms with Crippen LogP contribution in [0.5, 0.6) is 0 Å². The molecular weight excluding hydrogens is 262 g/mol. The summed E-state index contributed by atoms with van der Waals surface area (Å²) in [6, 6.07) is 12.9. The highest BCUT2D eigenvalue weighted by Crippen LogP contribution is 2.45. The number of likely N-dealkylation sites (tertiary alicyclic amines) is 1. The first-order chi connectivity index (χ1) is 10.2. The maximum absolute atomic E-state index is 12.1. The zero-order valence-electron chi connectivity index (χ0n) is 12.2. The quantitative estimate of drug-likeness (QED) is 0.920. The lowest BCUT2D eigenvalue weighted by Gasteiger charge is -2.32. The second-order valence-electron chi connectivity index (χ2n) is 6.20. The number of nitriles is 1. The molecular formula is C17H21N3O. The summed E-state index contributed by atoms with van der Waals surface area (Å²) in [5, 5.41) is 12.1. The van der Waals surface area contributed by atoms with Gasteiger partial charge in [-0.15, -0.1) is 0 Å². The predicted molar refractivity (Wildman–Crippen MR) is 80.2 cm³/mol. The van der Waals surface area contributed by atoms with Crippen LogP contribution in [0.3, 0.4) is 0 Å². The number of benzene rings is 1. The Labute approximate surface area is 125 Å². The van der Waals surface area contributed by atoms with Crippen LogP contribution in [0.4, 0.5) is 0 Å². The molecule has 0 bridgehead atoms. The first-order valence-electron chi connectivity index (χ1n) is 7.70. The van der Waals surface area contributed by atoms with Crippen molar-refractivity contribution in [3.8, 4) is 6.07 Å². The first kappa shape index (κ1) is 14.1. The summed E-state index contributed by atoms with van der Waals surface area (Å²) in [6.45, 7) is 2.97. The molecule has 1 N–H and O–H groups in total. The van der Waals surface area contributed by atoms with Crippen LogP contribution in [0.1, 0.15) is 31.2 Å². The third-order valence-electron chi connectivity index (χ3n) is 4.57. The zero-order chi connectivity index (χ0) is 14.7. The molecule has 2 fully saturated rings. The van der Waals surface area contributed by atoms with Gasteiger partial charge < -0.3 is 5.32 Å². The number of hydrogen-bond acceptors (Lipinski definition) is 3. The molecule has 4 heteroatoms.